The topological polar surface area (TPSA) is 108 Å². The van der Waals surface area contributed by atoms with E-state index in [0.717, 1.165) is 0 Å². The Morgan fingerprint density at radius 3 is 2.68 bits per heavy atom. The number of esters is 1. The molecular weight excluding hydrogens is 388 g/mol. The summed E-state index contributed by atoms with van der Waals surface area (Å²) in [5.74, 6) is -1.29. The van der Waals surface area contributed by atoms with Crippen molar-refractivity contribution in [1.82, 2.24) is 0 Å². The number of methoxy groups -OCH3 is 1. The molecule has 0 aliphatic carbocycles. The SMILES string of the molecule is COc1cc(NC(=O)COC(=O)/C=C/c2cccc(Cl)c2)c(C)cc1[N+](=O)[O-]. The third kappa shape index (κ3) is 5.82. The Morgan fingerprint density at radius 2 is 2.04 bits per heavy atom. The molecule has 0 spiro atoms. The Bertz CT molecular complexity index is 942. The predicted octanol–water partition coefficient (Wildman–Crippen LogP) is 3.76. The Kier molecular flexibility index (Phi) is 7.11. The van der Waals surface area contributed by atoms with Crippen molar-refractivity contribution in [2.45, 2.75) is 6.92 Å². The van der Waals surface area contributed by atoms with Crippen molar-refractivity contribution in [1.29, 1.82) is 0 Å². The number of amides is 1. The molecule has 0 saturated heterocycles. The summed E-state index contributed by atoms with van der Waals surface area (Å²) < 4.78 is 9.84. The second-order valence-corrected chi connectivity index (χ2v) is 6.08. The molecule has 1 amide bonds. The van der Waals surface area contributed by atoms with Gasteiger partial charge >= 0.3 is 11.7 Å². The summed E-state index contributed by atoms with van der Waals surface area (Å²) in [5.41, 5.74) is 1.28. The number of nitrogens with one attached hydrogen (secondary N) is 1. The molecule has 0 fully saturated rings. The lowest BCUT2D eigenvalue weighted by molar-refractivity contribution is -0.385. The quantitative estimate of drug-likeness (QED) is 0.326. The molecule has 0 aliphatic rings. The highest BCUT2D eigenvalue weighted by atomic mass is 35.5. The van der Waals surface area contributed by atoms with Crippen LogP contribution in [0.3, 0.4) is 0 Å². The van der Waals surface area contributed by atoms with Gasteiger partial charge in [-0.25, -0.2) is 4.79 Å². The Labute approximate surface area is 165 Å². The summed E-state index contributed by atoms with van der Waals surface area (Å²) in [6.45, 7) is 1.08. The molecule has 0 unspecified atom stereocenters. The minimum atomic E-state index is -0.701. The third-order valence-corrected chi connectivity index (χ3v) is 3.84. The van der Waals surface area contributed by atoms with E-state index in [-0.39, 0.29) is 11.4 Å². The number of carbonyl (C=O) groups excluding carboxylic acids is 2. The van der Waals surface area contributed by atoms with Crippen LogP contribution in [0.15, 0.2) is 42.5 Å². The molecule has 1 N–H and O–H groups in total. The van der Waals surface area contributed by atoms with Crippen LogP contribution in [0.4, 0.5) is 11.4 Å². The zero-order valence-electron chi connectivity index (χ0n) is 15.1. The first-order chi connectivity index (χ1) is 13.3. The van der Waals surface area contributed by atoms with Crippen LogP contribution in [-0.4, -0.2) is 30.5 Å². The van der Waals surface area contributed by atoms with Gasteiger partial charge in [-0.05, 0) is 36.3 Å². The van der Waals surface area contributed by atoms with E-state index in [1.54, 1.807) is 31.2 Å². The van der Waals surface area contributed by atoms with Crippen LogP contribution in [0.25, 0.3) is 6.08 Å². The first-order valence-corrected chi connectivity index (χ1v) is 8.41. The number of nitrogens with zero attached hydrogens (tertiary/aromatic N) is 1. The lowest BCUT2D eigenvalue weighted by atomic mass is 10.1. The van der Waals surface area contributed by atoms with E-state index in [1.807, 2.05) is 0 Å². The molecule has 8 nitrogen and oxygen atoms in total. The second-order valence-electron chi connectivity index (χ2n) is 5.64. The first-order valence-electron chi connectivity index (χ1n) is 8.03. The van der Waals surface area contributed by atoms with Gasteiger partial charge in [0.05, 0.1) is 12.0 Å². The summed E-state index contributed by atoms with van der Waals surface area (Å²) >= 11 is 5.85. The summed E-state index contributed by atoms with van der Waals surface area (Å²) in [6.07, 6.45) is 2.69. The maximum Gasteiger partial charge on any atom is 0.331 e. The average molecular weight is 405 g/mol. The fraction of sp³-hybridized carbons (Fsp3) is 0.158. The van der Waals surface area contributed by atoms with Gasteiger partial charge in [-0.2, -0.15) is 0 Å². The van der Waals surface area contributed by atoms with Crippen LogP contribution >= 0.6 is 11.6 Å². The smallest absolute Gasteiger partial charge is 0.331 e. The number of carbonyl (C=O) groups is 2. The van der Waals surface area contributed by atoms with Crippen molar-refractivity contribution in [2.24, 2.45) is 0 Å². The second kappa shape index (κ2) is 9.52. The minimum Gasteiger partial charge on any atom is -0.490 e. The number of benzene rings is 2. The number of hydrogen-bond acceptors (Lipinski definition) is 6. The van der Waals surface area contributed by atoms with Crippen LogP contribution in [0, 0.1) is 17.0 Å². The highest BCUT2D eigenvalue weighted by molar-refractivity contribution is 6.30. The highest BCUT2D eigenvalue weighted by Gasteiger charge is 2.18. The molecule has 2 aromatic rings. The number of anilines is 1. The standard InChI is InChI=1S/C19H17ClN2O6/c1-12-8-16(22(25)26)17(27-2)10-15(12)21-18(23)11-28-19(24)7-6-13-4-3-5-14(20)9-13/h3-10H,11H2,1-2H3,(H,21,23)/b7-6+. The summed E-state index contributed by atoms with van der Waals surface area (Å²) in [5, 5.41) is 14.1. The van der Waals surface area contributed by atoms with Gasteiger partial charge in [-0.1, -0.05) is 23.7 Å². The Morgan fingerprint density at radius 1 is 1.29 bits per heavy atom. The number of hydrogen-bond donors (Lipinski definition) is 1. The summed E-state index contributed by atoms with van der Waals surface area (Å²) in [7, 11) is 1.29. The van der Waals surface area contributed by atoms with E-state index in [4.69, 9.17) is 21.1 Å². The number of ether oxygens (including phenoxy) is 2. The van der Waals surface area contributed by atoms with Crippen LogP contribution in [0.1, 0.15) is 11.1 Å². The van der Waals surface area contributed by atoms with Gasteiger partial charge in [0, 0.05) is 28.9 Å². The van der Waals surface area contributed by atoms with Gasteiger partial charge in [0.2, 0.25) is 0 Å². The molecule has 2 aromatic carbocycles. The van der Waals surface area contributed by atoms with E-state index < -0.39 is 23.4 Å². The van der Waals surface area contributed by atoms with Crippen molar-refractivity contribution in [3.05, 3.63) is 68.7 Å². The van der Waals surface area contributed by atoms with Gasteiger partial charge < -0.3 is 14.8 Å². The highest BCUT2D eigenvalue weighted by Crippen LogP contribution is 2.32. The van der Waals surface area contributed by atoms with Crippen LogP contribution in [0.2, 0.25) is 5.02 Å². The number of rotatable bonds is 7. The fourth-order valence-electron chi connectivity index (χ4n) is 2.26. The lowest BCUT2D eigenvalue weighted by Gasteiger charge is -2.10. The average Bonchev–Trinajstić information content (AvgIpc) is 2.66. The largest absolute Gasteiger partial charge is 0.490 e. The lowest BCUT2D eigenvalue weighted by Crippen LogP contribution is -2.20. The molecule has 0 heterocycles. The van der Waals surface area contributed by atoms with Gasteiger partial charge in [0.25, 0.3) is 5.91 Å². The maximum absolute atomic E-state index is 12.0. The number of nitro groups is 1. The molecule has 0 aliphatic heterocycles. The molecule has 0 saturated carbocycles. The summed E-state index contributed by atoms with van der Waals surface area (Å²) in [4.78, 5) is 34.1. The molecule has 146 valence electrons. The van der Waals surface area contributed by atoms with Gasteiger partial charge in [0.15, 0.2) is 12.4 Å². The predicted molar refractivity (Wildman–Crippen MR) is 104 cm³/mol. The molecule has 0 aromatic heterocycles. The first kappa shape index (κ1) is 20.9. The van der Waals surface area contributed by atoms with Crippen LogP contribution < -0.4 is 10.1 Å². The van der Waals surface area contributed by atoms with E-state index in [9.17, 15) is 19.7 Å². The van der Waals surface area contributed by atoms with Crippen LogP contribution in [-0.2, 0) is 14.3 Å². The Hall–Kier alpha value is -3.39. The monoisotopic (exact) mass is 404 g/mol. The zero-order chi connectivity index (χ0) is 20.7. The molecule has 9 heteroatoms. The van der Waals surface area contributed by atoms with Crippen molar-refractivity contribution < 1.29 is 24.0 Å². The van der Waals surface area contributed by atoms with E-state index in [1.165, 1.54) is 31.4 Å². The number of halogens is 1. The molecule has 0 bridgehead atoms. The van der Waals surface area contributed by atoms with E-state index in [2.05, 4.69) is 5.32 Å². The fourth-order valence-corrected chi connectivity index (χ4v) is 2.46. The van der Waals surface area contributed by atoms with E-state index in [0.29, 0.717) is 21.8 Å². The molecule has 0 atom stereocenters. The number of nitro benzene ring substituents is 1. The summed E-state index contributed by atoms with van der Waals surface area (Å²) in [6, 6.07) is 9.49. The minimum absolute atomic E-state index is 0.00681. The Balaban J connectivity index is 1.95. The van der Waals surface area contributed by atoms with Gasteiger partial charge in [-0.15, -0.1) is 0 Å². The van der Waals surface area contributed by atoms with Crippen LogP contribution in [0.5, 0.6) is 5.75 Å². The van der Waals surface area contributed by atoms with Crippen molar-refractivity contribution in [2.75, 3.05) is 19.0 Å². The van der Waals surface area contributed by atoms with Gasteiger partial charge in [-0.3, -0.25) is 14.9 Å². The molecule has 0 radical (unpaired) electrons. The van der Waals surface area contributed by atoms with Crippen molar-refractivity contribution in [3.8, 4) is 5.75 Å². The van der Waals surface area contributed by atoms with E-state index >= 15 is 0 Å². The van der Waals surface area contributed by atoms with Gasteiger partial charge in [0.1, 0.15) is 0 Å². The van der Waals surface area contributed by atoms with Crippen molar-refractivity contribution >= 4 is 40.9 Å². The normalized spacial score (nSPS) is 10.5. The number of aryl methyl sites for hydroxylation is 1. The molecule has 28 heavy (non-hydrogen) atoms. The zero-order valence-corrected chi connectivity index (χ0v) is 15.9. The maximum atomic E-state index is 12.0. The molecule has 2 rings (SSSR count). The van der Waals surface area contributed by atoms with Crippen molar-refractivity contribution in [3.63, 3.8) is 0 Å². The third-order valence-electron chi connectivity index (χ3n) is 3.60. The molecular formula is C19H17ClN2O6.